The Kier molecular flexibility index (Phi) is 6.30. The van der Waals surface area contributed by atoms with E-state index in [2.05, 4.69) is 22.0 Å². The first kappa shape index (κ1) is 18.5. The molecule has 26 heavy (non-hydrogen) atoms. The van der Waals surface area contributed by atoms with Crippen molar-refractivity contribution < 1.29 is 9.53 Å². The second-order valence-electron chi connectivity index (χ2n) is 6.53. The summed E-state index contributed by atoms with van der Waals surface area (Å²) in [7, 11) is 0. The number of ether oxygens (including phenoxy) is 1. The summed E-state index contributed by atoms with van der Waals surface area (Å²) in [6.07, 6.45) is 1.56. The number of rotatable bonds is 4. The van der Waals surface area contributed by atoms with E-state index in [4.69, 9.17) is 10.00 Å². The van der Waals surface area contributed by atoms with E-state index < -0.39 is 0 Å². The lowest BCUT2D eigenvalue weighted by Crippen LogP contribution is -2.41. The van der Waals surface area contributed by atoms with Crippen LogP contribution >= 0.6 is 15.9 Å². The number of carbonyl (C=O) groups excluding carboxylic acids is 1. The van der Waals surface area contributed by atoms with Gasteiger partial charge in [0.1, 0.15) is 6.61 Å². The number of benzene rings is 2. The fourth-order valence-corrected chi connectivity index (χ4v) is 3.88. The van der Waals surface area contributed by atoms with Gasteiger partial charge in [0.25, 0.3) is 0 Å². The van der Waals surface area contributed by atoms with Crippen LogP contribution in [0, 0.1) is 17.2 Å². The van der Waals surface area contributed by atoms with E-state index in [9.17, 15) is 4.79 Å². The molecular formula is C21H21BrN2O2. The first-order valence-corrected chi connectivity index (χ1v) is 9.86. The van der Waals surface area contributed by atoms with Crippen molar-refractivity contribution in [3.63, 3.8) is 0 Å². The second kappa shape index (κ2) is 8.86. The van der Waals surface area contributed by atoms with Gasteiger partial charge in [0.15, 0.2) is 0 Å². The number of halogens is 1. The molecule has 5 heteroatoms. The molecule has 2 unspecified atom stereocenters. The van der Waals surface area contributed by atoms with Crippen molar-refractivity contribution in [2.24, 2.45) is 5.92 Å². The van der Waals surface area contributed by atoms with E-state index in [1.165, 1.54) is 0 Å². The quantitative estimate of drug-likeness (QED) is 0.660. The zero-order chi connectivity index (χ0) is 18.4. The zero-order valence-corrected chi connectivity index (χ0v) is 16.1. The van der Waals surface area contributed by atoms with Crippen LogP contribution in [0.25, 0.3) is 0 Å². The predicted molar refractivity (Wildman–Crippen MR) is 104 cm³/mol. The van der Waals surface area contributed by atoms with Gasteiger partial charge in [-0.05, 0) is 42.0 Å². The average Bonchev–Trinajstić information content (AvgIpc) is 2.72. The number of piperidine rings is 1. The van der Waals surface area contributed by atoms with Gasteiger partial charge < -0.3 is 9.64 Å². The lowest BCUT2D eigenvalue weighted by atomic mass is 9.88. The molecular weight excluding hydrogens is 392 g/mol. The Hall–Kier alpha value is -2.32. The normalized spacial score (nSPS) is 19.6. The highest BCUT2D eigenvalue weighted by Gasteiger charge is 2.33. The van der Waals surface area contributed by atoms with Crippen LogP contribution in [0.15, 0.2) is 54.6 Å². The molecule has 0 saturated carbocycles. The zero-order valence-electron chi connectivity index (χ0n) is 14.5. The first-order chi connectivity index (χ1) is 12.7. The molecule has 1 aliphatic rings. The molecule has 1 amide bonds. The predicted octanol–water partition coefficient (Wildman–Crippen LogP) is 5.04. The molecule has 0 N–H and O–H groups in total. The highest BCUT2D eigenvalue weighted by atomic mass is 79.9. The molecule has 1 aliphatic heterocycles. The summed E-state index contributed by atoms with van der Waals surface area (Å²) >= 11 is 3.57. The minimum absolute atomic E-state index is 0.0256. The lowest BCUT2D eigenvalue weighted by Gasteiger charge is -2.38. The summed E-state index contributed by atoms with van der Waals surface area (Å²) in [6.45, 7) is 0.951. The molecule has 134 valence electrons. The van der Waals surface area contributed by atoms with Gasteiger partial charge in [0, 0.05) is 11.9 Å². The van der Waals surface area contributed by atoms with Gasteiger partial charge in [-0.2, -0.15) is 5.26 Å². The number of carbonyl (C=O) groups is 1. The summed E-state index contributed by atoms with van der Waals surface area (Å²) in [5.41, 5.74) is 2.65. The monoisotopic (exact) mass is 412 g/mol. The third-order valence-corrected chi connectivity index (χ3v) is 5.71. The van der Waals surface area contributed by atoms with E-state index in [0.29, 0.717) is 18.0 Å². The van der Waals surface area contributed by atoms with Crippen LogP contribution in [0.2, 0.25) is 0 Å². The van der Waals surface area contributed by atoms with E-state index >= 15 is 0 Å². The molecule has 3 rings (SSSR count). The average molecular weight is 413 g/mol. The fourth-order valence-electron chi connectivity index (χ4n) is 3.30. The van der Waals surface area contributed by atoms with Crippen LogP contribution in [-0.4, -0.2) is 22.9 Å². The highest BCUT2D eigenvalue weighted by molar-refractivity contribution is 9.09. The molecule has 0 bridgehead atoms. The standard InChI is InChI=1S/C21H21BrN2O2/c22-13-18-10-11-24(21(25)26-15-17-4-2-1-3-5-17)20(12-18)19-8-6-16(14-23)7-9-19/h1-9,18,20H,10-13,15H2. The van der Waals surface area contributed by atoms with Gasteiger partial charge in [-0.3, -0.25) is 0 Å². The van der Waals surface area contributed by atoms with E-state index in [0.717, 1.165) is 29.3 Å². The summed E-state index contributed by atoms with van der Waals surface area (Å²) in [5.74, 6) is 0.522. The Morgan fingerprint density at radius 3 is 2.58 bits per heavy atom. The number of nitrogens with zero attached hydrogens (tertiary/aromatic N) is 2. The Morgan fingerprint density at radius 1 is 1.19 bits per heavy atom. The van der Waals surface area contributed by atoms with E-state index in [1.807, 2.05) is 47.4 Å². The Bertz CT molecular complexity index is 771. The maximum atomic E-state index is 12.7. The van der Waals surface area contributed by atoms with Crippen LogP contribution in [-0.2, 0) is 11.3 Å². The maximum absolute atomic E-state index is 12.7. The number of hydrogen-bond donors (Lipinski definition) is 0. The highest BCUT2D eigenvalue weighted by Crippen LogP contribution is 2.35. The van der Waals surface area contributed by atoms with E-state index in [1.54, 1.807) is 12.1 Å². The summed E-state index contributed by atoms with van der Waals surface area (Å²) in [6, 6.07) is 19.3. The molecule has 2 atom stereocenters. The molecule has 0 aromatic heterocycles. The number of alkyl halides is 1. The van der Waals surface area contributed by atoms with Gasteiger partial charge in [-0.1, -0.05) is 58.4 Å². The molecule has 4 nitrogen and oxygen atoms in total. The van der Waals surface area contributed by atoms with Crippen molar-refractivity contribution >= 4 is 22.0 Å². The van der Waals surface area contributed by atoms with Crippen LogP contribution in [0.1, 0.15) is 35.6 Å². The molecule has 0 spiro atoms. The number of nitriles is 1. The summed E-state index contributed by atoms with van der Waals surface area (Å²) in [5, 5.41) is 9.92. The lowest BCUT2D eigenvalue weighted by molar-refractivity contribution is 0.0593. The third-order valence-electron chi connectivity index (χ3n) is 4.79. The molecule has 2 aromatic rings. The largest absolute Gasteiger partial charge is 0.445 e. The molecule has 0 aliphatic carbocycles. The van der Waals surface area contributed by atoms with Crippen molar-refractivity contribution in [1.29, 1.82) is 5.26 Å². The van der Waals surface area contributed by atoms with Crippen LogP contribution < -0.4 is 0 Å². The second-order valence-corrected chi connectivity index (χ2v) is 7.18. The minimum Gasteiger partial charge on any atom is -0.445 e. The number of hydrogen-bond acceptors (Lipinski definition) is 3. The smallest absolute Gasteiger partial charge is 0.410 e. The Balaban J connectivity index is 1.73. The SMILES string of the molecule is N#Cc1ccc(C2CC(CBr)CCN2C(=O)OCc2ccccc2)cc1. The first-order valence-electron chi connectivity index (χ1n) is 8.74. The summed E-state index contributed by atoms with van der Waals surface area (Å²) in [4.78, 5) is 14.5. The van der Waals surface area contributed by atoms with Gasteiger partial charge in [0.2, 0.25) is 0 Å². The maximum Gasteiger partial charge on any atom is 0.410 e. The molecule has 1 heterocycles. The third kappa shape index (κ3) is 4.44. The minimum atomic E-state index is -0.281. The van der Waals surface area contributed by atoms with Crippen molar-refractivity contribution in [2.45, 2.75) is 25.5 Å². The van der Waals surface area contributed by atoms with Crippen molar-refractivity contribution in [3.05, 3.63) is 71.3 Å². The van der Waals surface area contributed by atoms with Gasteiger partial charge in [-0.15, -0.1) is 0 Å². The molecule has 0 radical (unpaired) electrons. The summed E-state index contributed by atoms with van der Waals surface area (Å²) < 4.78 is 5.56. The Morgan fingerprint density at radius 2 is 1.92 bits per heavy atom. The molecule has 1 fully saturated rings. The fraction of sp³-hybridized carbons (Fsp3) is 0.333. The topological polar surface area (TPSA) is 53.3 Å². The van der Waals surface area contributed by atoms with Gasteiger partial charge >= 0.3 is 6.09 Å². The van der Waals surface area contributed by atoms with Crippen molar-refractivity contribution in [2.75, 3.05) is 11.9 Å². The van der Waals surface area contributed by atoms with Crippen molar-refractivity contribution in [3.8, 4) is 6.07 Å². The molecule has 2 aromatic carbocycles. The van der Waals surface area contributed by atoms with Crippen LogP contribution in [0.3, 0.4) is 0 Å². The van der Waals surface area contributed by atoms with Crippen molar-refractivity contribution in [1.82, 2.24) is 4.90 Å². The number of amides is 1. The van der Waals surface area contributed by atoms with Gasteiger partial charge in [0.05, 0.1) is 17.7 Å². The van der Waals surface area contributed by atoms with E-state index in [-0.39, 0.29) is 18.7 Å². The Labute approximate surface area is 162 Å². The molecule has 1 saturated heterocycles. The number of likely N-dealkylation sites (tertiary alicyclic amines) is 1. The van der Waals surface area contributed by atoms with Crippen LogP contribution in [0.5, 0.6) is 0 Å². The van der Waals surface area contributed by atoms with Crippen LogP contribution in [0.4, 0.5) is 4.79 Å². The van der Waals surface area contributed by atoms with Gasteiger partial charge in [-0.25, -0.2) is 4.79 Å².